The van der Waals surface area contributed by atoms with Gasteiger partial charge in [-0.3, -0.25) is 4.90 Å². The van der Waals surface area contributed by atoms with Crippen LogP contribution in [-0.4, -0.2) is 30.7 Å². The summed E-state index contributed by atoms with van der Waals surface area (Å²) < 4.78 is 13.3. The van der Waals surface area contributed by atoms with E-state index in [2.05, 4.69) is 25.7 Å². The van der Waals surface area contributed by atoms with Crippen molar-refractivity contribution in [1.82, 2.24) is 4.90 Å². The molecule has 0 aromatic rings. The standard InChI is InChI=1S/C12H24FN/c1-5-6-11(13)9-14-7-10(8-14)12(2,3)4/h10-11H,5-9H2,1-4H3. The lowest BCUT2D eigenvalue weighted by molar-refractivity contribution is 0.00795. The molecule has 1 rings (SSSR count). The second-order valence-corrected chi connectivity index (χ2v) is 5.67. The van der Waals surface area contributed by atoms with Gasteiger partial charge < -0.3 is 0 Å². The third kappa shape index (κ3) is 3.23. The fourth-order valence-electron chi connectivity index (χ4n) is 1.95. The monoisotopic (exact) mass is 201 g/mol. The number of hydrogen-bond acceptors (Lipinski definition) is 1. The first-order valence-electron chi connectivity index (χ1n) is 5.80. The predicted octanol–water partition coefficient (Wildman–Crippen LogP) is 3.10. The van der Waals surface area contributed by atoms with Crippen LogP contribution >= 0.6 is 0 Å². The first kappa shape index (κ1) is 12.0. The lowest BCUT2D eigenvalue weighted by atomic mass is 9.76. The highest BCUT2D eigenvalue weighted by molar-refractivity contribution is 4.88. The Morgan fingerprint density at radius 2 is 1.93 bits per heavy atom. The molecule has 0 radical (unpaired) electrons. The lowest BCUT2D eigenvalue weighted by Gasteiger charge is -2.46. The molecule has 1 aliphatic heterocycles. The zero-order valence-electron chi connectivity index (χ0n) is 10.0. The van der Waals surface area contributed by atoms with Gasteiger partial charge in [0.15, 0.2) is 0 Å². The fourth-order valence-corrected chi connectivity index (χ4v) is 1.95. The van der Waals surface area contributed by atoms with E-state index in [0.29, 0.717) is 12.0 Å². The highest BCUT2D eigenvalue weighted by Gasteiger charge is 2.36. The summed E-state index contributed by atoms with van der Waals surface area (Å²) in [4.78, 5) is 2.25. The molecule has 0 aromatic heterocycles. The Bertz CT molecular complexity index is 168. The van der Waals surface area contributed by atoms with Crippen molar-refractivity contribution in [3.8, 4) is 0 Å². The molecule has 1 unspecified atom stereocenters. The van der Waals surface area contributed by atoms with E-state index < -0.39 is 6.17 Å². The number of halogens is 1. The number of hydrogen-bond donors (Lipinski definition) is 0. The Morgan fingerprint density at radius 1 is 1.36 bits per heavy atom. The Morgan fingerprint density at radius 3 is 2.36 bits per heavy atom. The third-order valence-electron chi connectivity index (χ3n) is 3.24. The average Bonchev–Trinajstić information content (AvgIpc) is 1.94. The number of nitrogens with zero attached hydrogens (tertiary/aromatic N) is 1. The minimum absolute atomic E-state index is 0.396. The van der Waals surface area contributed by atoms with Gasteiger partial charge in [0.2, 0.25) is 0 Å². The van der Waals surface area contributed by atoms with E-state index in [9.17, 15) is 4.39 Å². The first-order valence-corrected chi connectivity index (χ1v) is 5.80. The quantitative estimate of drug-likeness (QED) is 0.675. The minimum Gasteiger partial charge on any atom is -0.300 e. The van der Waals surface area contributed by atoms with Gasteiger partial charge in [0.1, 0.15) is 6.17 Å². The van der Waals surface area contributed by atoms with Gasteiger partial charge in [0.25, 0.3) is 0 Å². The van der Waals surface area contributed by atoms with Crippen molar-refractivity contribution in [2.24, 2.45) is 11.3 Å². The van der Waals surface area contributed by atoms with Crippen molar-refractivity contribution in [3.05, 3.63) is 0 Å². The maximum Gasteiger partial charge on any atom is 0.113 e. The molecule has 1 nitrogen and oxygen atoms in total. The highest BCUT2D eigenvalue weighted by Crippen LogP contribution is 2.33. The molecule has 0 aliphatic carbocycles. The molecule has 1 saturated heterocycles. The van der Waals surface area contributed by atoms with E-state index in [1.807, 2.05) is 6.92 Å². The van der Waals surface area contributed by atoms with Gasteiger partial charge in [-0.2, -0.15) is 0 Å². The summed E-state index contributed by atoms with van der Waals surface area (Å²) in [5, 5.41) is 0. The van der Waals surface area contributed by atoms with E-state index in [1.165, 1.54) is 0 Å². The number of likely N-dealkylation sites (tertiary alicyclic amines) is 1. The maximum atomic E-state index is 13.3. The minimum atomic E-state index is -0.610. The zero-order valence-corrected chi connectivity index (χ0v) is 10.0. The Kier molecular flexibility index (Phi) is 3.94. The van der Waals surface area contributed by atoms with Crippen LogP contribution in [0.25, 0.3) is 0 Å². The largest absolute Gasteiger partial charge is 0.300 e. The van der Waals surface area contributed by atoms with Gasteiger partial charge >= 0.3 is 0 Å². The molecule has 2 heteroatoms. The first-order chi connectivity index (χ1) is 6.43. The summed E-state index contributed by atoms with van der Waals surface area (Å²) in [6.07, 6.45) is 1.06. The van der Waals surface area contributed by atoms with Crippen LogP contribution in [-0.2, 0) is 0 Å². The van der Waals surface area contributed by atoms with Crippen molar-refractivity contribution < 1.29 is 4.39 Å². The molecule has 84 valence electrons. The smallest absolute Gasteiger partial charge is 0.113 e. The van der Waals surface area contributed by atoms with Crippen LogP contribution in [0, 0.1) is 11.3 Å². The van der Waals surface area contributed by atoms with Crippen LogP contribution in [0.1, 0.15) is 40.5 Å². The van der Waals surface area contributed by atoms with E-state index in [0.717, 1.165) is 31.8 Å². The topological polar surface area (TPSA) is 3.24 Å². The molecule has 14 heavy (non-hydrogen) atoms. The zero-order chi connectivity index (χ0) is 10.8. The summed E-state index contributed by atoms with van der Waals surface area (Å²) in [6, 6.07) is 0. The molecule has 0 saturated carbocycles. The Labute approximate surface area is 87.7 Å². The summed E-state index contributed by atoms with van der Waals surface area (Å²) in [6.45, 7) is 11.7. The van der Waals surface area contributed by atoms with E-state index in [-0.39, 0.29) is 0 Å². The van der Waals surface area contributed by atoms with Crippen LogP contribution in [0.4, 0.5) is 4.39 Å². The van der Waals surface area contributed by atoms with Crippen molar-refractivity contribution >= 4 is 0 Å². The van der Waals surface area contributed by atoms with Gasteiger partial charge in [-0.1, -0.05) is 34.1 Å². The summed E-state index contributed by atoms with van der Waals surface area (Å²) in [5.41, 5.74) is 0.396. The van der Waals surface area contributed by atoms with E-state index in [4.69, 9.17) is 0 Å². The highest BCUT2D eigenvalue weighted by atomic mass is 19.1. The molecule has 0 bridgehead atoms. The summed E-state index contributed by atoms with van der Waals surface area (Å²) in [5.74, 6) is 0.760. The van der Waals surface area contributed by atoms with Gasteiger partial charge in [-0.25, -0.2) is 4.39 Å². The van der Waals surface area contributed by atoms with Crippen molar-refractivity contribution in [2.45, 2.75) is 46.7 Å². The normalized spacial score (nSPS) is 22.1. The molecular formula is C12H24FN. The molecular weight excluding hydrogens is 177 g/mol. The predicted molar refractivity (Wildman–Crippen MR) is 59.2 cm³/mol. The van der Waals surface area contributed by atoms with Gasteiger partial charge in [0.05, 0.1) is 0 Å². The van der Waals surface area contributed by atoms with Crippen molar-refractivity contribution in [3.63, 3.8) is 0 Å². The van der Waals surface area contributed by atoms with Gasteiger partial charge in [-0.15, -0.1) is 0 Å². The Balaban J connectivity index is 2.16. The molecule has 0 spiro atoms. The van der Waals surface area contributed by atoms with Crippen LogP contribution in [0.5, 0.6) is 0 Å². The molecule has 1 aliphatic rings. The second-order valence-electron chi connectivity index (χ2n) is 5.67. The van der Waals surface area contributed by atoms with Crippen LogP contribution in [0.2, 0.25) is 0 Å². The maximum absolute atomic E-state index is 13.3. The molecule has 0 aromatic carbocycles. The van der Waals surface area contributed by atoms with E-state index >= 15 is 0 Å². The van der Waals surface area contributed by atoms with Gasteiger partial charge in [-0.05, 0) is 17.8 Å². The molecule has 1 heterocycles. The van der Waals surface area contributed by atoms with Crippen LogP contribution in [0.15, 0.2) is 0 Å². The third-order valence-corrected chi connectivity index (χ3v) is 3.24. The van der Waals surface area contributed by atoms with Gasteiger partial charge in [0, 0.05) is 19.6 Å². The number of rotatable bonds is 4. The summed E-state index contributed by atoms with van der Waals surface area (Å²) >= 11 is 0. The molecule has 1 fully saturated rings. The number of alkyl halides is 1. The lowest BCUT2D eigenvalue weighted by Crippen LogP contribution is -2.53. The molecule has 0 amide bonds. The SMILES string of the molecule is CCCC(F)CN1CC(C(C)(C)C)C1. The second kappa shape index (κ2) is 4.61. The molecule has 0 N–H and O–H groups in total. The summed E-state index contributed by atoms with van der Waals surface area (Å²) in [7, 11) is 0. The van der Waals surface area contributed by atoms with E-state index in [1.54, 1.807) is 0 Å². The fraction of sp³-hybridized carbons (Fsp3) is 1.00. The van der Waals surface area contributed by atoms with Crippen molar-refractivity contribution in [2.75, 3.05) is 19.6 Å². The Hall–Kier alpha value is -0.110. The van der Waals surface area contributed by atoms with Crippen LogP contribution in [0.3, 0.4) is 0 Å². The average molecular weight is 201 g/mol. The molecule has 1 atom stereocenters. The van der Waals surface area contributed by atoms with Crippen molar-refractivity contribution in [1.29, 1.82) is 0 Å². The van der Waals surface area contributed by atoms with Crippen LogP contribution < -0.4 is 0 Å².